The zero-order valence-electron chi connectivity index (χ0n) is 14.3. The van der Waals surface area contributed by atoms with Crippen molar-refractivity contribution in [3.63, 3.8) is 0 Å². The van der Waals surface area contributed by atoms with Crippen LogP contribution in [0, 0.1) is 11.8 Å². The summed E-state index contributed by atoms with van der Waals surface area (Å²) in [5.41, 5.74) is 0. The molecule has 2 saturated heterocycles. The Hall–Kier alpha value is -1.15. The number of nitrogens with zero attached hydrogens (tertiary/aromatic N) is 2. The van der Waals surface area contributed by atoms with Gasteiger partial charge in [-0.05, 0) is 44.9 Å². The minimum atomic E-state index is -3.25. The highest BCUT2D eigenvalue weighted by Crippen LogP contribution is 2.26. The Bertz CT molecular complexity index is 563. The van der Waals surface area contributed by atoms with Crippen LogP contribution in [0.2, 0.25) is 0 Å². The molecule has 0 aliphatic carbocycles. The molecule has 2 unspecified atom stereocenters. The van der Waals surface area contributed by atoms with Gasteiger partial charge in [-0.1, -0.05) is 0 Å². The minimum absolute atomic E-state index is 0.0334. The van der Waals surface area contributed by atoms with Crippen LogP contribution in [0.4, 0.5) is 0 Å². The van der Waals surface area contributed by atoms with Crippen LogP contribution in [0.15, 0.2) is 0 Å². The van der Waals surface area contributed by atoms with E-state index in [0.717, 1.165) is 19.3 Å². The lowest BCUT2D eigenvalue weighted by Gasteiger charge is -2.38. The van der Waals surface area contributed by atoms with E-state index in [-0.39, 0.29) is 36.5 Å². The Morgan fingerprint density at radius 3 is 2.50 bits per heavy atom. The van der Waals surface area contributed by atoms with Crippen molar-refractivity contribution in [3.05, 3.63) is 0 Å². The Labute approximate surface area is 144 Å². The summed E-state index contributed by atoms with van der Waals surface area (Å²) in [4.78, 5) is 25.3. The Morgan fingerprint density at radius 1 is 1.12 bits per heavy atom. The summed E-state index contributed by atoms with van der Waals surface area (Å²) in [6, 6.07) is 0. The first-order chi connectivity index (χ1) is 11.3. The van der Waals surface area contributed by atoms with E-state index in [9.17, 15) is 18.0 Å². The first kappa shape index (κ1) is 19.2. The number of hydrogen-bond acceptors (Lipinski definition) is 4. The molecule has 1 amide bonds. The molecule has 2 aliphatic rings. The van der Waals surface area contributed by atoms with E-state index >= 15 is 0 Å². The standard InChI is InChI=1S/C16H28N2O5S/c1-2-24(22,23)18-10-4-6-14(12-18)16(21)17-9-3-5-13(11-17)7-8-15(19)20/h13-14H,2-12H2,1H3,(H,19,20). The van der Waals surface area contributed by atoms with E-state index in [0.29, 0.717) is 32.5 Å². The van der Waals surface area contributed by atoms with Crippen LogP contribution in [0.1, 0.15) is 45.4 Å². The quantitative estimate of drug-likeness (QED) is 0.767. The van der Waals surface area contributed by atoms with E-state index in [4.69, 9.17) is 5.11 Å². The van der Waals surface area contributed by atoms with Crippen molar-refractivity contribution >= 4 is 21.9 Å². The monoisotopic (exact) mass is 360 g/mol. The lowest BCUT2D eigenvalue weighted by atomic mass is 9.91. The molecule has 2 heterocycles. The van der Waals surface area contributed by atoms with E-state index in [2.05, 4.69) is 0 Å². The number of hydrogen-bond donors (Lipinski definition) is 1. The third kappa shape index (κ3) is 4.92. The summed E-state index contributed by atoms with van der Waals surface area (Å²) >= 11 is 0. The molecule has 2 fully saturated rings. The first-order valence-electron chi connectivity index (χ1n) is 8.82. The average molecular weight is 360 g/mol. The summed E-state index contributed by atoms with van der Waals surface area (Å²) in [7, 11) is -3.25. The van der Waals surface area contributed by atoms with Crippen LogP contribution >= 0.6 is 0 Å². The number of carbonyl (C=O) groups excluding carboxylic acids is 1. The van der Waals surface area contributed by atoms with Crippen LogP contribution in [0.5, 0.6) is 0 Å². The number of rotatable bonds is 6. The summed E-state index contributed by atoms with van der Waals surface area (Å²) in [5.74, 6) is -0.733. The van der Waals surface area contributed by atoms with Crippen molar-refractivity contribution in [2.45, 2.75) is 45.4 Å². The predicted molar refractivity (Wildman–Crippen MR) is 89.9 cm³/mol. The number of amides is 1. The third-order valence-corrected chi connectivity index (χ3v) is 6.94. The number of aliphatic carboxylic acids is 1. The molecule has 1 N–H and O–H groups in total. The Kier molecular flexibility index (Phi) is 6.62. The topological polar surface area (TPSA) is 95.0 Å². The zero-order chi connectivity index (χ0) is 17.7. The van der Waals surface area contributed by atoms with Crippen LogP contribution in [-0.4, -0.2) is 66.5 Å². The first-order valence-corrected chi connectivity index (χ1v) is 10.4. The lowest BCUT2D eigenvalue weighted by molar-refractivity contribution is -0.138. The summed E-state index contributed by atoms with van der Waals surface area (Å²) < 4.78 is 25.5. The predicted octanol–water partition coefficient (Wildman–Crippen LogP) is 1.15. The molecule has 24 heavy (non-hydrogen) atoms. The number of sulfonamides is 1. The van der Waals surface area contributed by atoms with Crippen molar-refractivity contribution in [2.24, 2.45) is 11.8 Å². The molecular formula is C16H28N2O5S. The second kappa shape index (κ2) is 8.29. The number of piperidine rings is 2. The molecule has 7 nitrogen and oxygen atoms in total. The van der Waals surface area contributed by atoms with Gasteiger partial charge in [-0.25, -0.2) is 12.7 Å². The molecule has 0 saturated carbocycles. The summed E-state index contributed by atoms with van der Waals surface area (Å²) in [5, 5.41) is 8.81. The maximum Gasteiger partial charge on any atom is 0.303 e. The van der Waals surface area contributed by atoms with E-state index < -0.39 is 16.0 Å². The van der Waals surface area contributed by atoms with E-state index in [1.807, 2.05) is 4.90 Å². The highest BCUT2D eigenvalue weighted by atomic mass is 32.2. The van der Waals surface area contributed by atoms with Crippen molar-refractivity contribution in [2.75, 3.05) is 31.9 Å². The molecule has 0 radical (unpaired) electrons. The molecule has 0 spiro atoms. The molecule has 138 valence electrons. The van der Waals surface area contributed by atoms with Crippen molar-refractivity contribution < 1.29 is 23.1 Å². The average Bonchev–Trinajstić information content (AvgIpc) is 2.59. The highest BCUT2D eigenvalue weighted by molar-refractivity contribution is 7.89. The summed E-state index contributed by atoms with van der Waals surface area (Å²) in [6.07, 6.45) is 4.02. The molecule has 2 rings (SSSR count). The number of likely N-dealkylation sites (tertiary alicyclic amines) is 1. The van der Waals surface area contributed by atoms with Gasteiger partial charge in [0.1, 0.15) is 0 Å². The van der Waals surface area contributed by atoms with Crippen LogP contribution in [-0.2, 0) is 19.6 Å². The minimum Gasteiger partial charge on any atom is -0.481 e. The van der Waals surface area contributed by atoms with Gasteiger partial charge in [0.25, 0.3) is 0 Å². The van der Waals surface area contributed by atoms with Crippen LogP contribution in [0.25, 0.3) is 0 Å². The SMILES string of the molecule is CCS(=O)(=O)N1CCCC(C(=O)N2CCCC(CCC(=O)O)C2)C1. The molecule has 8 heteroatoms. The largest absolute Gasteiger partial charge is 0.481 e. The number of carboxylic acid groups (broad SMARTS) is 1. The second-order valence-electron chi connectivity index (χ2n) is 6.82. The molecule has 0 aromatic carbocycles. The fourth-order valence-corrected chi connectivity index (χ4v) is 4.85. The van der Waals surface area contributed by atoms with Gasteiger partial charge in [-0.3, -0.25) is 9.59 Å². The fourth-order valence-electron chi connectivity index (χ4n) is 3.67. The fraction of sp³-hybridized carbons (Fsp3) is 0.875. The van der Waals surface area contributed by atoms with Gasteiger partial charge in [0.15, 0.2) is 0 Å². The van der Waals surface area contributed by atoms with Gasteiger partial charge < -0.3 is 10.0 Å². The lowest BCUT2D eigenvalue weighted by Crippen LogP contribution is -2.49. The highest BCUT2D eigenvalue weighted by Gasteiger charge is 2.35. The molecule has 0 aromatic rings. The molecule has 0 aromatic heterocycles. The smallest absolute Gasteiger partial charge is 0.303 e. The van der Waals surface area contributed by atoms with Crippen molar-refractivity contribution in [1.29, 1.82) is 0 Å². The molecule has 0 bridgehead atoms. The molecule has 2 atom stereocenters. The Morgan fingerprint density at radius 2 is 1.83 bits per heavy atom. The van der Waals surface area contributed by atoms with Gasteiger partial charge in [-0.2, -0.15) is 0 Å². The molecular weight excluding hydrogens is 332 g/mol. The van der Waals surface area contributed by atoms with Gasteiger partial charge in [0.05, 0.1) is 11.7 Å². The maximum atomic E-state index is 12.8. The van der Waals surface area contributed by atoms with Crippen molar-refractivity contribution in [1.82, 2.24) is 9.21 Å². The van der Waals surface area contributed by atoms with E-state index in [1.54, 1.807) is 6.92 Å². The van der Waals surface area contributed by atoms with Gasteiger partial charge in [-0.15, -0.1) is 0 Å². The van der Waals surface area contributed by atoms with Gasteiger partial charge >= 0.3 is 5.97 Å². The zero-order valence-corrected chi connectivity index (χ0v) is 15.1. The summed E-state index contributed by atoms with van der Waals surface area (Å²) in [6.45, 7) is 3.70. The van der Waals surface area contributed by atoms with Gasteiger partial charge in [0, 0.05) is 32.6 Å². The van der Waals surface area contributed by atoms with Crippen molar-refractivity contribution in [3.8, 4) is 0 Å². The number of carboxylic acids is 1. The van der Waals surface area contributed by atoms with Gasteiger partial charge in [0.2, 0.25) is 15.9 Å². The van der Waals surface area contributed by atoms with Crippen LogP contribution < -0.4 is 0 Å². The number of carbonyl (C=O) groups is 2. The van der Waals surface area contributed by atoms with E-state index in [1.165, 1.54) is 4.31 Å². The Balaban J connectivity index is 1.93. The third-order valence-electron chi connectivity index (χ3n) is 5.09. The second-order valence-corrected chi connectivity index (χ2v) is 9.08. The van der Waals surface area contributed by atoms with Crippen LogP contribution in [0.3, 0.4) is 0 Å². The molecule has 2 aliphatic heterocycles. The maximum absolute atomic E-state index is 12.8. The normalized spacial score (nSPS) is 26.3.